The zero-order valence-electron chi connectivity index (χ0n) is 12.6. The lowest BCUT2D eigenvalue weighted by molar-refractivity contribution is 0.0697. The smallest absolute Gasteiger partial charge is 0.335 e. The molecule has 118 valence electrons. The molecule has 0 amide bonds. The van der Waals surface area contributed by atoms with E-state index >= 15 is 0 Å². The van der Waals surface area contributed by atoms with Gasteiger partial charge < -0.3 is 14.3 Å². The topological polar surface area (TPSA) is 76.7 Å². The Balaban J connectivity index is 2.42. The predicted octanol–water partition coefficient (Wildman–Crippen LogP) is 3.77. The van der Waals surface area contributed by atoms with E-state index in [-0.39, 0.29) is 16.4 Å². The Kier molecular flexibility index (Phi) is 4.00. The highest BCUT2D eigenvalue weighted by Crippen LogP contribution is 2.32. The Bertz CT molecular complexity index is 974. The second kappa shape index (κ2) is 5.96. The Morgan fingerprint density at radius 2 is 2.04 bits per heavy atom. The number of carboxylic acids is 1. The average molecular weight is 330 g/mol. The van der Waals surface area contributed by atoms with E-state index in [0.717, 1.165) is 4.90 Å². The second-order valence-corrected chi connectivity index (χ2v) is 5.76. The lowest BCUT2D eigenvalue weighted by atomic mass is 10.1. The largest absolute Gasteiger partial charge is 0.490 e. The maximum Gasteiger partial charge on any atom is 0.335 e. The molecule has 3 rings (SSSR count). The molecule has 0 aliphatic heterocycles. The highest BCUT2D eigenvalue weighted by molar-refractivity contribution is 7.98. The zero-order chi connectivity index (χ0) is 16.6. The molecular weight excluding hydrogens is 316 g/mol. The SMILES string of the molecule is CCOc1cc(SC)cc2c(=O)c3cc(C(=O)O)ccc3oc12. The van der Waals surface area contributed by atoms with Crippen molar-refractivity contribution in [3.8, 4) is 5.75 Å². The number of carboxylic acid groups (broad SMARTS) is 1. The average Bonchev–Trinajstić information content (AvgIpc) is 2.55. The Hall–Kier alpha value is -2.47. The van der Waals surface area contributed by atoms with Crippen molar-refractivity contribution < 1.29 is 19.1 Å². The molecule has 3 aromatic rings. The summed E-state index contributed by atoms with van der Waals surface area (Å²) < 4.78 is 11.4. The van der Waals surface area contributed by atoms with Gasteiger partial charge in [0.25, 0.3) is 0 Å². The molecule has 0 atom stereocenters. The molecular formula is C17H14O5S. The van der Waals surface area contributed by atoms with Crippen molar-refractivity contribution in [3.63, 3.8) is 0 Å². The van der Waals surface area contributed by atoms with Crippen molar-refractivity contribution in [1.82, 2.24) is 0 Å². The van der Waals surface area contributed by atoms with Gasteiger partial charge in [-0.25, -0.2) is 4.79 Å². The molecule has 1 N–H and O–H groups in total. The van der Waals surface area contributed by atoms with Crippen LogP contribution in [0.25, 0.3) is 21.9 Å². The molecule has 5 nitrogen and oxygen atoms in total. The van der Waals surface area contributed by atoms with Crippen LogP contribution in [0.4, 0.5) is 0 Å². The number of ether oxygens (including phenoxy) is 1. The highest BCUT2D eigenvalue weighted by Gasteiger charge is 2.15. The second-order valence-electron chi connectivity index (χ2n) is 4.88. The quantitative estimate of drug-likeness (QED) is 0.580. The normalized spacial score (nSPS) is 11.0. The van der Waals surface area contributed by atoms with E-state index in [2.05, 4.69) is 0 Å². The first-order valence-corrected chi connectivity index (χ1v) is 8.22. The number of hydrogen-bond donors (Lipinski definition) is 1. The van der Waals surface area contributed by atoms with Crippen molar-refractivity contribution in [2.75, 3.05) is 12.9 Å². The van der Waals surface area contributed by atoms with Gasteiger partial charge in [0.2, 0.25) is 5.43 Å². The van der Waals surface area contributed by atoms with Gasteiger partial charge in [-0.15, -0.1) is 11.8 Å². The number of thioether (sulfide) groups is 1. The van der Waals surface area contributed by atoms with E-state index in [4.69, 9.17) is 14.3 Å². The lowest BCUT2D eigenvalue weighted by Crippen LogP contribution is -2.06. The fraction of sp³-hybridized carbons (Fsp3) is 0.176. The molecule has 0 aliphatic carbocycles. The molecule has 0 fully saturated rings. The fourth-order valence-electron chi connectivity index (χ4n) is 2.42. The molecule has 1 aromatic heterocycles. The number of benzene rings is 2. The summed E-state index contributed by atoms with van der Waals surface area (Å²) in [6.45, 7) is 2.31. The minimum absolute atomic E-state index is 0.0511. The van der Waals surface area contributed by atoms with Crippen LogP contribution in [0.5, 0.6) is 5.75 Å². The van der Waals surface area contributed by atoms with Crippen LogP contribution in [0, 0.1) is 0 Å². The standard InChI is InChI=1S/C17H14O5S/c1-3-21-14-8-10(23-2)7-12-15(18)11-6-9(17(19)20)4-5-13(11)22-16(12)14/h4-8H,3H2,1-2H3,(H,19,20). The molecule has 0 saturated carbocycles. The van der Waals surface area contributed by atoms with Crippen LogP contribution < -0.4 is 10.2 Å². The van der Waals surface area contributed by atoms with Crippen LogP contribution in [0.3, 0.4) is 0 Å². The van der Waals surface area contributed by atoms with E-state index in [9.17, 15) is 9.59 Å². The number of rotatable bonds is 4. The lowest BCUT2D eigenvalue weighted by Gasteiger charge is -2.10. The van der Waals surface area contributed by atoms with Gasteiger partial charge in [-0.1, -0.05) is 0 Å². The molecule has 0 spiro atoms. The number of fused-ring (bicyclic) bond motifs is 2. The molecule has 6 heteroatoms. The Labute approximate surface area is 135 Å². The van der Waals surface area contributed by atoms with E-state index < -0.39 is 5.97 Å². The molecule has 0 bridgehead atoms. The van der Waals surface area contributed by atoms with Crippen LogP contribution in [-0.2, 0) is 0 Å². The van der Waals surface area contributed by atoms with E-state index in [1.54, 1.807) is 6.07 Å². The van der Waals surface area contributed by atoms with Crippen molar-refractivity contribution in [1.29, 1.82) is 0 Å². The van der Waals surface area contributed by atoms with Crippen molar-refractivity contribution in [3.05, 3.63) is 46.1 Å². The van der Waals surface area contributed by atoms with E-state index in [1.165, 1.54) is 30.0 Å². The van der Waals surface area contributed by atoms with E-state index in [1.807, 2.05) is 19.2 Å². The third-order valence-corrected chi connectivity index (χ3v) is 4.20. The number of hydrogen-bond acceptors (Lipinski definition) is 5. The molecule has 0 unspecified atom stereocenters. The van der Waals surface area contributed by atoms with Crippen molar-refractivity contribution >= 4 is 39.7 Å². The molecule has 23 heavy (non-hydrogen) atoms. The van der Waals surface area contributed by atoms with Crippen molar-refractivity contribution in [2.24, 2.45) is 0 Å². The first-order valence-electron chi connectivity index (χ1n) is 7.00. The van der Waals surface area contributed by atoms with Gasteiger partial charge in [0, 0.05) is 4.90 Å². The van der Waals surface area contributed by atoms with E-state index in [0.29, 0.717) is 28.9 Å². The molecule has 0 radical (unpaired) electrons. The van der Waals surface area contributed by atoms with Gasteiger partial charge in [-0.05, 0) is 43.5 Å². The fourth-order valence-corrected chi connectivity index (χ4v) is 2.88. The van der Waals surface area contributed by atoms with Gasteiger partial charge in [0.15, 0.2) is 11.3 Å². The summed E-state index contributed by atoms with van der Waals surface area (Å²) in [5.74, 6) is -0.574. The molecule has 1 heterocycles. The Morgan fingerprint density at radius 3 is 2.70 bits per heavy atom. The summed E-state index contributed by atoms with van der Waals surface area (Å²) in [5, 5.41) is 9.72. The predicted molar refractivity (Wildman–Crippen MR) is 89.9 cm³/mol. The number of carbonyl (C=O) groups is 1. The molecule has 0 saturated heterocycles. The zero-order valence-corrected chi connectivity index (χ0v) is 13.4. The van der Waals surface area contributed by atoms with Gasteiger partial charge in [-0.3, -0.25) is 4.79 Å². The van der Waals surface area contributed by atoms with Crippen LogP contribution in [0.15, 0.2) is 44.4 Å². The maximum absolute atomic E-state index is 12.8. The first-order chi connectivity index (χ1) is 11.0. The van der Waals surface area contributed by atoms with Crippen LogP contribution in [-0.4, -0.2) is 23.9 Å². The van der Waals surface area contributed by atoms with Crippen LogP contribution in [0.1, 0.15) is 17.3 Å². The van der Waals surface area contributed by atoms with Gasteiger partial charge in [-0.2, -0.15) is 0 Å². The number of aromatic carboxylic acids is 1. The summed E-state index contributed by atoms with van der Waals surface area (Å²) in [4.78, 5) is 24.7. The molecule has 2 aromatic carbocycles. The maximum atomic E-state index is 12.8. The third-order valence-electron chi connectivity index (χ3n) is 3.49. The first kappa shape index (κ1) is 15.4. The van der Waals surface area contributed by atoms with Gasteiger partial charge >= 0.3 is 5.97 Å². The van der Waals surface area contributed by atoms with Crippen LogP contribution >= 0.6 is 11.8 Å². The molecule has 0 aliphatic rings. The minimum atomic E-state index is -1.08. The summed E-state index contributed by atoms with van der Waals surface area (Å²) >= 11 is 1.49. The van der Waals surface area contributed by atoms with Gasteiger partial charge in [0.05, 0.1) is 22.9 Å². The summed E-state index contributed by atoms with van der Waals surface area (Å²) in [5.41, 5.74) is 0.506. The summed E-state index contributed by atoms with van der Waals surface area (Å²) in [6.07, 6.45) is 1.90. The highest BCUT2D eigenvalue weighted by atomic mass is 32.2. The van der Waals surface area contributed by atoms with Crippen molar-refractivity contribution in [2.45, 2.75) is 11.8 Å². The Morgan fingerprint density at radius 1 is 1.26 bits per heavy atom. The monoisotopic (exact) mass is 330 g/mol. The summed E-state index contributed by atoms with van der Waals surface area (Å²) in [7, 11) is 0. The van der Waals surface area contributed by atoms with Gasteiger partial charge in [0.1, 0.15) is 5.58 Å². The third kappa shape index (κ3) is 2.66. The van der Waals surface area contributed by atoms with Crippen LogP contribution in [0.2, 0.25) is 0 Å². The minimum Gasteiger partial charge on any atom is -0.490 e. The summed E-state index contributed by atoms with van der Waals surface area (Å²) in [6, 6.07) is 7.82.